The van der Waals surface area contributed by atoms with Crippen molar-refractivity contribution in [1.82, 2.24) is 4.90 Å². The summed E-state index contributed by atoms with van der Waals surface area (Å²) in [6, 6.07) is 9.09. The van der Waals surface area contributed by atoms with Gasteiger partial charge in [0.15, 0.2) is 0 Å². The summed E-state index contributed by atoms with van der Waals surface area (Å²) >= 11 is 1.51. The minimum absolute atomic E-state index is 0.108. The molecule has 0 saturated carbocycles. The number of benzene rings is 1. The molecule has 4 atom stereocenters. The van der Waals surface area contributed by atoms with Crippen LogP contribution in [0.15, 0.2) is 24.3 Å². The van der Waals surface area contributed by atoms with E-state index >= 15 is 0 Å². The molecule has 0 radical (unpaired) electrons. The summed E-state index contributed by atoms with van der Waals surface area (Å²) in [7, 11) is 0. The Morgan fingerprint density at radius 2 is 2.03 bits per heavy atom. The van der Waals surface area contributed by atoms with E-state index in [1.165, 1.54) is 11.8 Å². The summed E-state index contributed by atoms with van der Waals surface area (Å²) in [4.78, 5) is 25.0. The molecule has 1 aromatic carbocycles. The second-order valence-corrected chi connectivity index (χ2v) is 9.97. The number of anilines is 2. The Morgan fingerprint density at radius 1 is 1.34 bits per heavy atom. The van der Waals surface area contributed by atoms with Crippen LogP contribution < -0.4 is 10.6 Å². The molecule has 4 unspecified atom stereocenters. The van der Waals surface area contributed by atoms with Gasteiger partial charge in [-0.05, 0) is 58.4 Å². The topological polar surface area (TPSA) is 135 Å². The number of carboxylic acids is 1. The van der Waals surface area contributed by atoms with Gasteiger partial charge in [0, 0.05) is 23.2 Å². The third kappa shape index (κ3) is 7.58. The predicted octanol–water partition coefficient (Wildman–Crippen LogP) is 3.53. The molecular weight excluding hydrogens is 432 g/mol. The van der Waals surface area contributed by atoms with Crippen LogP contribution in [0, 0.1) is 17.2 Å². The fraction of sp³-hybridized carbons (Fsp3) is 0.591. The predicted molar refractivity (Wildman–Crippen MR) is 124 cm³/mol. The molecule has 176 valence electrons. The normalized spacial score (nSPS) is 22.1. The zero-order chi connectivity index (χ0) is 23.9. The molecule has 0 spiro atoms. The molecule has 1 saturated heterocycles. The molecule has 2 rings (SSSR count). The van der Waals surface area contributed by atoms with E-state index < -0.39 is 29.8 Å². The quantitative estimate of drug-likeness (QED) is 0.433. The van der Waals surface area contributed by atoms with Crippen molar-refractivity contribution in [2.75, 3.05) is 23.7 Å². The first-order chi connectivity index (χ1) is 15.0. The van der Waals surface area contributed by atoms with E-state index in [4.69, 9.17) is 15.1 Å². The summed E-state index contributed by atoms with van der Waals surface area (Å²) in [6.07, 6.45) is -0.413. The van der Waals surface area contributed by atoms with Crippen LogP contribution in [0.4, 0.5) is 16.2 Å². The van der Waals surface area contributed by atoms with Gasteiger partial charge in [0.1, 0.15) is 17.7 Å². The summed E-state index contributed by atoms with van der Waals surface area (Å²) in [5.41, 5.74) is 0.838. The van der Waals surface area contributed by atoms with Crippen LogP contribution in [0.2, 0.25) is 0 Å². The van der Waals surface area contributed by atoms with Gasteiger partial charge in [0.25, 0.3) is 0 Å². The number of thioether (sulfide) groups is 1. The Morgan fingerprint density at radius 3 is 2.62 bits per heavy atom. The van der Waals surface area contributed by atoms with Gasteiger partial charge in [-0.1, -0.05) is 13.0 Å². The molecule has 0 aromatic heterocycles. The average molecular weight is 465 g/mol. The van der Waals surface area contributed by atoms with Gasteiger partial charge in [-0.3, -0.25) is 15.0 Å². The highest BCUT2D eigenvalue weighted by atomic mass is 32.2. The number of aliphatic hydroxyl groups is 1. The summed E-state index contributed by atoms with van der Waals surface area (Å²) in [5.74, 6) is -2.23. The minimum atomic E-state index is -1.14. The van der Waals surface area contributed by atoms with Gasteiger partial charge in [-0.15, -0.1) is 11.8 Å². The van der Waals surface area contributed by atoms with Crippen molar-refractivity contribution >= 4 is 35.2 Å². The first-order valence-corrected chi connectivity index (χ1v) is 11.5. The first kappa shape index (κ1) is 25.8. The second kappa shape index (κ2) is 11.4. The zero-order valence-corrected chi connectivity index (χ0v) is 19.7. The van der Waals surface area contributed by atoms with Crippen LogP contribution in [-0.2, 0) is 9.53 Å². The number of hydrogen-bond donors (Lipinski definition) is 4. The number of rotatable bonds is 9. The van der Waals surface area contributed by atoms with Gasteiger partial charge in [-0.2, -0.15) is 5.26 Å². The molecule has 10 heteroatoms. The summed E-state index contributed by atoms with van der Waals surface area (Å²) in [6.45, 7) is 8.45. The fourth-order valence-electron chi connectivity index (χ4n) is 3.43. The Kier molecular flexibility index (Phi) is 9.19. The number of aliphatic hydroxyl groups excluding tert-OH is 1. The molecule has 1 amide bonds. The van der Waals surface area contributed by atoms with Crippen LogP contribution >= 0.6 is 11.8 Å². The third-order valence-corrected chi connectivity index (χ3v) is 6.50. The van der Waals surface area contributed by atoms with E-state index in [-0.39, 0.29) is 17.0 Å². The molecule has 1 aliphatic heterocycles. The fourth-order valence-corrected chi connectivity index (χ4v) is 5.12. The van der Waals surface area contributed by atoms with E-state index in [2.05, 4.69) is 10.6 Å². The molecule has 1 aromatic rings. The Bertz CT molecular complexity index is 838. The highest BCUT2D eigenvalue weighted by molar-refractivity contribution is 8.00. The number of nitrogens with one attached hydrogen (secondary N) is 2. The third-order valence-electron chi connectivity index (χ3n) is 4.90. The van der Waals surface area contributed by atoms with Crippen molar-refractivity contribution in [2.24, 2.45) is 5.92 Å². The largest absolute Gasteiger partial charge is 0.480 e. The van der Waals surface area contributed by atoms with Crippen molar-refractivity contribution in [3.8, 4) is 6.07 Å². The highest BCUT2D eigenvalue weighted by Gasteiger charge is 2.41. The van der Waals surface area contributed by atoms with Gasteiger partial charge < -0.3 is 20.3 Å². The molecule has 0 bridgehead atoms. The SMILES string of the molecule is CCN1C(CC(C#N)C(=O)O)SC(CCNc2cccc(NC(=O)OC(C)(C)C)c2)C1O. The number of amides is 1. The smallest absolute Gasteiger partial charge is 0.412 e. The number of carboxylic acid groups (broad SMARTS) is 1. The van der Waals surface area contributed by atoms with Crippen LogP contribution in [-0.4, -0.2) is 62.7 Å². The lowest BCUT2D eigenvalue weighted by atomic mass is 10.1. The van der Waals surface area contributed by atoms with Gasteiger partial charge >= 0.3 is 12.1 Å². The van der Waals surface area contributed by atoms with Crippen molar-refractivity contribution in [2.45, 2.75) is 63.0 Å². The van der Waals surface area contributed by atoms with Crippen molar-refractivity contribution in [3.05, 3.63) is 24.3 Å². The van der Waals surface area contributed by atoms with Crippen LogP contribution in [0.3, 0.4) is 0 Å². The molecule has 1 aliphatic rings. The number of aliphatic carboxylic acids is 1. The van der Waals surface area contributed by atoms with E-state index in [9.17, 15) is 14.7 Å². The van der Waals surface area contributed by atoms with E-state index in [1.807, 2.05) is 30.0 Å². The number of ether oxygens (including phenoxy) is 1. The van der Waals surface area contributed by atoms with Crippen molar-refractivity contribution < 1.29 is 24.5 Å². The molecule has 0 aliphatic carbocycles. The Hall–Kier alpha value is -2.48. The average Bonchev–Trinajstić information content (AvgIpc) is 2.99. The Labute approximate surface area is 193 Å². The lowest BCUT2D eigenvalue weighted by Gasteiger charge is -2.25. The number of hydrogen-bond acceptors (Lipinski definition) is 8. The highest BCUT2D eigenvalue weighted by Crippen LogP contribution is 2.39. The molecular formula is C22H32N4O5S. The molecule has 1 heterocycles. The number of carbonyl (C=O) groups is 2. The molecule has 32 heavy (non-hydrogen) atoms. The van der Waals surface area contributed by atoms with E-state index in [1.54, 1.807) is 32.9 Å². The lowest BCUT2D eigenvalue weighted by Crippen LogP contribution is -2.39. The van der Waals surface area contributed by atoms with E-state index in [0.717, 1.165) is 5.69 Å². The maximum Gasteiger partial charge on any atom is 0.412 e. The summed E-state index contributed by atoms with van der Waals surface area (Å²) in [5, 5.41) is 34.6. The standard InChI is InChI=1S/C22H32N4O5S/c1-5-26-18(11-14(13-23)20(28)29)32-17(19(26)27)9-10-24-15-7-6-8-16(12-15)25-21(30)31-22(2,3)4/h6-8,12,14,17-19,24,27H,5,9-11H2,1-4H3,(H,25,30)(H,28,29). The van der Waals surface area contributed by atoms with Gasteiger partial charge in [0.05, 0.1) is 11.4 Å². The van der Waals surface area contributed by atoms with Crippen LogP contribution in [0.25, 0.3) is 0 Å². The minimum Gasteiger partial charge on any atom is -0.480 e. The lowest BCUT2D eigenvalue weighted by molar-refractivity contribution is -0.140. The maximum absolute atomic E-state index is 11.9. The Balaban J connectivity index is 1.89. The van der Waals surface area contributed by atoms with Crippen molar-refractivity contribution in [1.29, 1.82) is 5.26 Å². The number of nitriles is 1. The number of carbonyl (C=O) groups excluding carboxylic acids is 1. The van der Waals surface area contributed by atoms with Crippen molar-refractivity contribution in [3.63, 3.8) is 0 Å². The van der Waals surface area contributed by atoms with Crippen LogP contribution in [0.1, 0.15) is 40.5 Å². The molecule has 1 fully saturated rings. The number of nitrogens with zero attached hydrogens (tertiary/aromatic N) is 2. The van der Waals surface area contributed by atoms with E-state index in [0.29, 0.717) is 25.2 Å². The monoisotopic (exact) mass is 464 g/mol. The molecule has 4 N–H and O–H groups in total. The second-order valence-electron chi connectivity index (χ2n) is 8.55. The first-order valence-electron chi connectivity index (χ1n) is 10.6. The van der Waals surface area contributed by atoms with Gasteiger partial charge in [-0.25, -0.2) is 4.79 Å². The van der Waals surface area contributed by atoms with Crippen LogP contribution in [0.5, 0.6) is 0 Å². The molecule has 9 nitrogen and oxygen atoms in total. The van der Waals surface area contributed by atoms with Gasteiger partial charge in [0.2, 0.25) is 0 Å². The zero-order valence-electron chi connectivity index (χ0n) is 18.9. The summed E-state index contributed by atoms with van der Waals surface area (Å²) < 4.78 is 5.26. The maximum atomic E-state index is 11.9.